The highest BCUT2D eigenvalue weighted by molar-refractivity contribution is 5.82. The lowest BCUT2D eigenvalue weighted by atomic mass is 10.1. The summed E-state index contributed by atoms with van der Waals surface area (Å²) in [6.45, 7) is 5.23. The Morgan fingerprint density at radius 1 is 1.31 bits per heavy atom. The zero-order chi connectivity index (χ0) is 12.6. The fourth-order valence-corrected chi connectivity index (χ4v) is 0.951. The van der Waals surface area contributed by atoms with Crippen LogP contribution in [0.1, 0.15) is 33.6 Å². The number of carbonyl (C=O) groups is 3. The molecule has 0 heterocycles. The molecule has 0 aromatic heterocycles. The van der Waals surface area contributed by atoms with Crippen LogP contribution in [-0.2, 0) is 23.9 Å². The van der Waals surface area contributed by atoms with Crippen molar-refractivity contribution in [2.75, 3.05) is 6.61 Å². The molecule has 2 unspecified atom stereocenters. The molecule has 0 bridgehead atoms. The van der Waals surface area contributed by atoms with Gasteiger partial charge in [0.05, 0.1) is 12.5 Å². The number of rotatable bonds is 7. The monoisotopic (exact) mass is 230 g/mol. The first kappa shape index (κ1) is 14.6. The van der Waals surface area contributed by atoms with Crippen molar-refractivity contribution in [3.8, 4) is 0 Å². The van der Waals surface area contributed by atoms with Crippen molar-refractivity contribution in [1.82, 2.24) is 0 Å². The predicted octanol–water partition coefficient (Wildman–Crippen LogP) is 1.10. The van der Waals surface area contributed by atoms with Gasteiger partial charge in [0.1, 0.15) is 6.29 Å². The minimum atomic E-state index is -1.13. The molecule has 0 rings (SSSR count). The van der Waals surface area contributed by atoms with Crippen molar-refractivity contribution < 1.29 is 23.9 Å². The summed E-state index contributed by atoms with van der Waals surface area (Å²) in [5.41, 5.74) is 0. The van der Waals surface area contributed by atoms with Crippen LogP contribution in [0.15, 0.2) is 0 Å². The van der Waals surface area contributed by atoms with Crippen molar-refractivity contribution in [3.05, 3.63) is 0 Å². The summed E-state index contributed by atoms with van der Waals surface area (Å²) in [6, 6.07) is 0. The van der Waals surface area contributed by atoms with Gasteiger partial charge < -0.3 is 14.3 Å². The van der Waals surface area contributed by atoms with Crippen LogP contribution in [-0.4, -0.2) is 30.9 Å². The van der Waals surface area contributed by atoms with E-state index in [2.05, 4.69) is 0 Å². The first-order chi connectivity index (χ1) is 7.56. The fraction of sp³-hybridized carbons (Fsp3) is 0.727. The summed E-state index contributed by atoms with van der Waals surface area (Å²) in [5.74, 6) is -1.88. The van der Waals surface area contributed by atoms with Gasteiger partial charge in [-0.1, -0.05) is 20.8 Å². The second-order valence-electron chi connectivity index (χ2n) is 3.43. The van der Waals surface area contributed by atoms with Gasteiger partial charge in [0, 0.05) is 6.42 Å². The maximum atomic E-state index is 11.5. The molecule has 0 aliphatic carbocycles. The highest BCUT2D eigenvalue weighted by Gasteiger charge is 2.29. The summed E-state index contributed by atoms with van der Waals surface area (Å²) < 4.78 is 9.71. The van der Waals surface area contributed by atoms with E-state index in [1.54, 1.807) is 6.92 Å². The Morgan fingerprint density at radius 3 is 2.38 bits per heavy atom. The van der Waals surface area contributed by atoms with Gasteiger partial charge in [-0.25, -0.2) is 4.79 Å². The molecule has 92 valence electrons. The van der Waals surface area contributed by atoms with Gasteiger partial charge in [-0.05, 0) is 6.42 Å². The SMILES string of the molecule is CCCOC(=O)C(OC(=O)CC)C(C)C=O. The van der Waals surface area contributed by atoms with Gasteiger partial charge in [-0.2, -0.15) is 0 Å². The molecule has 0 fully saturated rings. The molecule has 0 aliphatic heterocycles. The van der Waals surface area contributed by atoms with E-state index in [1.807, 2.05) is 6.92 Å². The average Bonchev–Trinajstić information content (AvgIpc) is 2.31. The lowest BCUT2D eigenvalue weighted by Gasteiger charge is -2.18. The van der Waals surface area contributed by atoms with E-state index in [-0.39, 0.29) is 13.0 Å². The van der Waals surface area contributed by atoms with E-state index in [0.717, 1.165) is 0 Å². The Balaban J connectivity index is 4.46. The third-order valence-corrected chi connectivity index (χ3v) is 1.92. The number of carbonyl (C=O) groups excluding carboxylic acids is 3. The van der Waals surface area contributed by atoms with Crippen molar-refractivity contribution in [3.63, 3.8) is 0 Å². The van der Waals surface area contributed by atoms with Crippen LogP contribution < -0.4 is 0 Å². The van der Waals surface area contributed by atoms with Crippen molar-refractivity contribution in [1.29, 1.82) is 0 Å². The molecular weight excluding hydrogens is 212 g/mol. The largest absolute Gasteiger partial charge is 0.463 e. The van der Waals surface area contributed by atoms with Crippen LogP contribution in [0.4, 0.5) is 0 Å². The molecule has 0 aliphatic rings. The number of hydrogen-bond donors (Lipinski definition) is 0. The van der Waals surface area contributed by atoms with E-state index in [1.165, 1.54) is 6.92 Å². The average molecular weight is 230 g/mol. The van der Waals surface area contributed by atoms with Gasteiger partial charge in [-0.15, -0.1) is 0 Å². The zero-order valence-corrected chi connectivity index (χ0v) is 9.89. The zero-order valence-electron chi connectivity index (χ0n) is 9.89. The Morgan fingerprint density at radius 2 is 1.94 bits per heavy atom. The Hall–Kier alpha value is -1.39. The molecule has 5 nitrogen and oxygen atoms in total. The van der Waals surface area contributed by atoms with E-state index in [4.69, 9.17) is 9.47 Å². The van der Waals surface area contributed by atoms with Crippen LogP contribution in [0.3, 0.4) is 0 Å². The molecule has 0 aromatic carbocycles. The summed E-state index contributed by atoms with van der Waals surface area (Å²) in [7, 11) is 0. The van der Waals surface area contributed by atoms with Gasteiger partial charge in [0.2, 0.25) is 6.10 Å². The number of ether oxygens (including phenoxy) is 2. The maximum Gasteiger partial charge on any atom is 0.348 e. The molecule has 0 radical (unpaired) electrons. The summed E-state index contributed by atoms with van der Waals surface area (Å²) >= 11 is 0. The first-order valence-corrected chi connectivity index (χ1v) is 5.38. The van der Waals surface area contributed by atoms with Crippen molar-refractivity contribution >= 4 is 18.2 Å². The number of esters is 2. The molecule has 0 saturated carbocycles. The minimum Gasteiger partial charge on any atom is -0.463 e. The molecule has 0 N–H and O–H groups in total. The molecule has 0 aromatic rings. The van der Waals surface area contributed by atoms with E-state index in [0.29, 0.717) is 12.7 Å². The Kier molecular flexibility index (Phi) is 7.16. The molecule has 5 heteroatoms. The second kappa shape index (κ2) is 7.84. The van der Waals surface area contributed by atoms with E-state index < -0.39 is 24.0 Å². The summed E-state index contributed by atoms with van der Waals surface area (Å²) in [4.78, 5) is 33.2. The second-order valence-corrected chi connectivity index (χ2v) is 3.43. The summed E-state index contributed by atoms with van der Waals surface area (Å²) in [5, 5.41) is 0. The standard InChI is InChI=1S/C11H18O5/c1-4-6-15-11(14)10(8(3)7-12)16-9(13)5-2/h7-8,10H,4-6H2,1-3H3. The fourth-order valence-electron chi connectivity index (χ4n) is 0.951. The van der Waals surface area contributed by atoms with Crippen LogP contribution in [0, 0.1) is 5.92 Å². The third-order valence-electron chi connectivity index (χ3n) is 1.92. The Labute approximate surface area is 95.1 Å². The van der Waals surface area contributed by atoms with Crippen LogP contribution in [0.2, 0.25) is 0 Å². The van der Waals surface area contributed by atoms with E-state index >= 15 is 0 Å². The lowest BCUT2D eigenvalue weighted by molar-refractivity contribution is -0.171. The quantitative estimate of drug-likeness (QED) is 0.483. The molecule has 2 atom stereocenters. The number of hydrogen-bond acceptors (Lipinski definition) is 5. The van der Waals surface area contributed by atoms with Crippen LogP contribution in [0.25, 0.3) is 0 Å². The first-order valence-electron chi connectivity index (χ1n) is 5.38. The normalized spacial score (nSPS) is 13.7. The Bertz CT molecular complexity index is 249. The third kappa shape index (κ3) is 4.91. The highest BCUT2D eigenvalue weighted by atomic mass is 16.6. The van der Waals surface area contributed by atoms with Crippen molar-refractivity contribution in [2.24, 2.45) is 5.92 Å². The smallest absolute Gasteiger partial charge is 0.348 e. The van der Waals surface area contributed by atoms with Gasteiger partial charge in [-0.3, -0.25) is 4.79 Å². The molecule has 0 amide bonds. The topological polar surface area (TPSA) is 69.7 Å². The van der Waals surface area contributed by atoms with Gasteiger partial charge >= 0.3 is 11.9 Å². The van der Waals surface area contributed by atoms with Crippen molar-refractivity contribution in [2.45, 2.75) is 39.7 Å². The highest BCUT2D eigenvalue weighted by Crippen LogP contribution is 2.09. The number of aldehydes is 1. The molecule has 0 saturated heterocycles. The predicted molar refractivity (Wildman–Crippen MR) is 56.6 cm³/mol. The van der Waals surface area contributed by atoms with Gasteiger partial charge in [0.15, 0.2) is 0 Å². The maximum absolute atomic E-state index is 11.5. The lowest BCUT2D eigenvalue weighted by Crippen LogP contribution is -2.35. The molecule has 0 spiro atoms. The van der Waals surface area contributed by atoms with Crippen LogP contribution in [0.5, 0.6) is 0 Å². The minimum absolute atomic E-state index is 0.156. The summed E-state index contributed by atoms with van der Waals surface area (Å²) in [6.07, 6.45) is 0.274. The molecule has 16 heavy (non-hydrogen) atoms. The van der Waals surface area contributed by atoms with Crippen LogP contribution >= 0.6 is 0 Å². The molecular formula is C11H18O5. The van der Waals surface area contributed by atoms with Gasteiger partial charge in [0.25, 0.3) is 0 Å². The van der Waals surface area contributed by atoms with E-state index in [9.17, 15) is 14.4 Å².